The molecule has 1 N–H and O–H groups in total. The van der Waals surface area contributed by atoms with Gasteiger partial charge in [0.05, 0.1) is 0 Å². The molecule has 0 saturated carbocycles. The molecule has 1 aromatic rings. The molecule has 0 aliphatic rings. The molecular formula is C11H19N3O2S. The van der Waals surface area contributed by atoms with Crippen LogP contribution in [0.3, 0.4) is 0 Å². The third-order valence-electron chi connectivity index (χ3n) is 2.69. The molecule has 0 radical (unpaired) electrons. The molecule has 0 aromatic carbocycles. The van der Waals surface area contributed by atoms with Gasteiger partial charge in [-0.1, -0.05) is 13.8 Å². The van der Waals surface area contributed by atoms with Crippen LogP contribution < -0.4 is 4.90 Å². The zero-order valence-corrected chi connectivity index (χ0v) is 11.7. The lowest BCUT2D eigenvalue weighted by atomic mass is 10.0. The summed E-state index contributed by atoms with van der Waals surface area (Å²) in [6, 6.07) is 0. The second-order valence-electron chi connectivity index (χ2n) is 4.70. The highest BCUT2D eigenvalue weighted by Gasteiger charge is 2.35. The Labute approximate surface area is 106 Å². The van der Waals surface area contributed by atoms with E-state index in [4.69, 9.17) is 0 Å². The number of rotatable bonds is 5. The Bertz CT molecular complexity index is 401. The molecule has 0 amide bonds. The van der Waals surface area contributed by atoms with Crippen LogP contribution in [0.25, 0.3) is 0 Å². The molecular weight excluding hydrogens is 238 g/mol. The molecule has 0 bridgehead atoms. The maximum Gasteiger partial charge on any atom is 0.329 e. The van der Waals surface area contributed by atoms with Gasteiger partial charge in [0.2, 0.25) is 5.13 Å². The van der Waals surface area contributed by atoms with Crippen molar-refractivity contribution in [3.63, 3.8) is 0 Å². The molecule has 6 heteroatoms. The molecule has 5 nitrogen and oxygen atoms in total. The summed E-state index contributed by atoms with van der Waals surface area (Å²) in [5.74, 6) is 0.164. The van der Waals surface area contributed by atoms with Gasteiger partial charge in [-0.05, 0) is 20.8 Å². The number of carboxylic acid groups (broad SMARTS) is 1. The number of carbonyl (C=O) groups is 1. The zero-order chi connectivity index (χ0) is 13.2. The minimum Gasteiger partial charge on any atom is -0.480 e. The van der Waals surface area contributed by atoms with Crippen molar-refractivity contribution in [3.8, 4) is 0 Å². The summed E-state index contributed by atoms with van der Waals surface area (Å²) in [7, 11) is 0. The lowest BCUT2D eigenvalue weighted by Gasteiger charge is -2.33. The van der Waals surface area contributed by atoms with Crippen LogP contribution in [0.1, 0.15) is 46.4 Å². The largest absolute Gasteiger partial charge is 0.480 e. The average molecular weight is 257 g/mol. The highest BCUT2D eigenvalue weighted by Crippen LogP contribution is 2.27. The Morgan fingerprint density at radius 1 is 1.53 bits per heavy atom. The fraction of sp³-hybridized carbons (Fsp3) is 0.727. The first-order valence-electron chi connectivity index (χ1n) is 5.65. The summed E-state index contributed by atoms with van der Waals surface area (Å²) < 4.78 is 4.25. The number of likely N-dealkylation sites (N-methyl/N-ethyl adjacent to an activating group) is 1. The van der Waals surface area contributed by atoms with Crippen molar-refractivity contribution in [2.75, 3.05) is 11.4 Å². The minimum atomic E-state index is -0.970. The van der Waals surface area contributed by atoms with Crippen LogP contribution in [0.2, 0.25) is 0 Å². The molecule has 0 spiro atoms. The third kappa shape index (κ3) is 2.74. The number of carboxylic acids is 1. The predicted octanol–water partition coefficient (Wildman–Crippen LogP) is 2.35. The number of hydrogen-bond acceptors (Lipinski definition) is 5. The van der Waals surface area contributed by atoms with Crippen LogP contribution in [0.4, 0.5) is 5.13 Å². The van der Waals surface area contributed by atoms with Crippen molar-refractivity contribution in [1.29, 1.82) is 0 Å². The number of nitrogens with zero attached hydrogens (tertiary/aromatic N) is 3. The summed E-state index contributed by atoms with van der Waals surface area (Å²) in [6.45, 7) is 9.90. The van der Waals surface area contributed by atoms with Gasteiger partial charge in [-0.3, -0.25) is 0 Å². The van der Waals surface area contributed by atoms with E-state index >= 15 is 0 Å². The van der Waals surface area contributed by atoms with E-state index in [9.17, 15) is 9.90 Å². The van der Waals surface area contributed by atoms with Gasteiger partial charge in [0.15, 0.2) is 0 Å². The first-order valence-corrected chi connectivity index (χ1v) is 6.42. The Morgan fingerprint density at radius 2 is 2.12 bits per heavy atom. The SMILES string of the molecule is CCN(c1nc(C(C)C)ns1)C(C)(C)C(=O)O. The Kier molecular flexibility index (Phi) is 4.08. The third-order valence-corrected chi connectivity index (χ3v) is 3.45. The molecule has 96 valence electrons. The van der Waals surface area contributed by atoms with Gasteiger partial charge in [-0.15, -0.1) is 0 Å². The number of hydrogen-bond donors (Lipinski definition) is 1. The maximum atomic E-state index is 11.3. The highest BCUT2D eigenvalue weighted by molar-refractivity contribution is 7.09. The number of anilines is 1. The highest BCUT2D eigenvalue weighted by atomic mass is 32.1. The van der Waals surface area contributed by atoms with Crippen molar-refractivity contribution in [1.82, 2.24) is 9.36 Å². The molecule has 0 aliphatic heterocycles. The normalized spacial score (nSPS) is 11.9. The van der Waals surface area contributed by atoms with Crippen molar-refractivity contribution in [2.45, 2.75) is 46.1 Å². The predicted molar refractivity (Wildman–Crippen MR) is 68.7 cm³/mol. The molecule has 0 unspecified atom stereocenters. The van der Waals surface area contributed by atoms with Crippen LogP contribution in [-0.2, 0) is 4.79 Å². The van der Waals surface area contributed by atoms with Gasteiger partial charge in [0.1, 0.15) is 11.4 Å². The zero-order valence-electron chi connectivity index (χ0n) is 10.9. The van der Waals surface area contributed by atoms with E-state index in [1.54, 1.807) is 18.7 Å². The molecule has 1 rings (SSSR count). The molecule has 0 saturated heterocycles. The van der Waals surface area contributed by atoms with Crippen molar-refractivity contribution < 1.29 is 9.90 Å². The number of aliphatic carboxylic acids is 1. The van der Waals surface area contributed by atoms with Gasteiger partial charge in [-0.2, -0.15) is 4.37 Å². The van der Waals surface area contributed by atoms with Crippen LogP contribution in [0.5, 0.6) is 0 Å². The van der Waals surface area contributed by atoms with E-state index in [0.717, 1.165) is 5.82 Å². The second kappa shape index (κ2) is 5.00. The monoisotopic (exact) mass is 257 g/mol. The Balaban J connectivity index is 3.05. The van der Waals surface area contributed by atoms with Crippen LogP contribution in [0.15, 0.2) is 0 Å². The van der Waals surface area contributed by atoms with Crippen LogP contribution in [-0.4, -0.2) is 32.5 Å². The summed E-state index contributed by atoms with van der Waals surface area (Å²) in [4.78, 5) is 17.4. The minimum absolute atomic E-state index is 0.256. The quantitative estimate of drug-likeness (QED) is 0.877. The Hall–Kier alpha value is -1.17. The fourth-order valence-corrected chi connectivity index (χ4v) is 2.47. The molecule has 17 heavy (non-hydrogen) atoms. The lowest BCUT2D eigenvalue weighted by Crippen LogP contribution is -2.50. The molecule has 0 fully saturated rings. The van der Waals surface area contributed by atoms with E-state index in [0.29, 0.717) is 11.7 Å². The van der Waals surface area contributed by atoms with Crippen molar-refractivity contribution >= 4 is 22.6 Å². The lowest BCUT2D eigenvalue weighted by molar-refractivity contribution is -0.142. The van der Waals surface area contributed by atoms with E-state index in [1.807, 2.05) is 20.8 Å². The summed E-state index contributed by atoms with van der Waals surface area (Å²) in [6.07, 6.45) is 0. The number of aromatic nitrogens is 2. The summed E-state index contributed by atoms with van der Waals surface area (Å²) in [5, 5.41) is 9.90. The standard InChI is InChI=1S/C11H19N3O2S/c1-6-14(11(4,5)9(15)16)10-12-8(7(2)3)13-17-10/h7H,6H2,1-5H3,(H,15,16). The van der Waals surface area contributed by atoms with Crippen molar-refractivity contribution in [3.05, 3.63) is 5.82 Å². The first kappa shape index (κ1) is 13.9. The Morgan fingerprint density at radius 3 is 2.47 bits per heavy atom. The van der Waals surface area contributed by atoms with Gasteiger partial charge in [0, 0.05) is 24.0 Å². The van der Waals surface area contributed by atoms with Gasteiger partial charge < -0.3 is 10.0 Å². The first-order chi connectivity index (χ1) is 7.80. The van der Waals surface area contributed by atoms with Gasteiger partial charge in [-0.25, -0.2) is 9.78 Å². The van der Waals surface area contributed by atoms with E-state index in [-0.39, 0.29) is 5.92 Å². The van der Waals surface area contributed by atoms with E-state index in [1.165, 1.54) is 11.5 Å². The van der Waals surface area contributed by atoms with Gasteiger partial charge >= 0.3 is 5.97 Å². The smallest absolute Gasteiger partial charge is 0.329 e. The van der Waals surface area contributed by atoms with Crippen molar-refractivity contribution in [2.24, 2.45) is 0 Å². The van der Waals surface area contributed by atoms with E-state index in [2.05, 4.69) is 9.36 Å². The molecule has 0 atom stereocenters. The fourth-order valence-electron chi connectivity index (χ4n) is 1.46. The van der Waals surface area contributed by atoms with Crippen LogP contribution >= 0.6 is 11.5 Å². The molecule has 1 aromatic heterocycles. The summed E-state index contributed by atoms with van der Waals surface area (Å²) >= 11 is 1.26. The second-order valence-corrected chi connectivity index (χ2v) is 5.43. The molecule has 1 heterocycles. The maximum absolute atomic E-state index is 11.3. The molecule has 0 aliphatic carbocycles. The topological polar surface area (TPSA) is 66.3 Å². The van der Waals surface area contributed by atoms with Gasteiger partial charge in [0.25, 0.3) is 0 Å². The average Bonchev–Trinajstić information content (AvgIpc) is 2.67. The van der Waals surface area contributed by atoms with E-state index < -0.39 is 11.5 Å². The summed E-state index contributed by atoms with van der Waals surface area (Å²) in [5.41, 5.74) is -0.970. The van der Waals surface area contributed by atoms with Crippen LogP contribution in [0, 0.1) is 0 Å².